The molecule has 0 saturated heterocycles. The molecule has 0 fully saturated rings. The molecular formula is C22H38N2O4S. The average molecular weight is 427 g/mol. The maximum Gasteiger partial charge on any atom is 0.307 e. The van der Waals surface area contributed by atoms with Gasteiger partial charge in [-0.3, -0.25) is 4.79 Å². The molecule has 0 amide bonds. The molecule has 1 atom stereocenters. The minimum Gasteiger partial charge on any atom is -0.466 e. The molecule has 0 aliphatic carbocycles. The first-order valence-electron chi connectivity index (χ1n) is 10.8. The first-order valence-corrected chi connectivity index (χ1v) is 12.2. The molecule has 29 heavy (non-hydrogen) atoms. The van der Waals surface area contributed by atoms with Gasteiger partial charge in [-0.1, -0.05) is 56.7 Å². The lowest BCUT2D eigenvalue weighted by Gasteiger charge is -2.30. The van der Waals surface area contributed by atoms with Crippen molar-refractivity contribution in [3.63, 3.8) is 0 Å². The van der Waals surface area contributed by atoms with Crippen molar-refractivity contribution in [3.8, 4) is 0 Å². The molecule has 0 bridgehead atoms. The summed E-state index contributed by atoms with van der Waals surface area (Å²) < 4.78 is 33.4. The first-order chi connectivity index (χ1) is 13.9. The minimum absolute atomic E-state index is 0.0667. The van der Waals surface area contributed by atoms with E-state index in [1.54, 1.807) is 31.2 Å². The minimum atomic E-state index is -3.73. The molecule has 0 aliphatic rings. The van der Waals surface area contributed by atoms with Crippen LogP contribution in [-0.4, -0.2) is 44.4 Å². The third-order valence-electron chi connectivity index (χ3n) is 4.97. The number of ether oxygens (including phenoxy) is 1. The Labute approximate surface area is 176 Å². The predicted molar refractivity (Wildman–Crippen MR) is 117 cm³/mol. The van der Waals surface area contributed by atoms with Crippen LogP contribution in [0.4, 0.5) is 0 Å². The van der Waals surface area contributed by atoms with Crippen molar-refractivity contribution in [2.24, 2.45) is 5.73 Å². The molecule has 0 aromatic heterocycles. The van der Waals surface area contributed by atoms with Gasteiger partial charge in [-0.2, -0.15) is 4.31 Å². The fourth-order valence-corrected chi connectivity index (χ4v) is 5.03. The number of carbonyl (C=O) groups excluding carboxylic acids is 1. The number of hydrogen-bond acceptors (Lipinski definition) is 5. The van der Waals surface area contributed by atoms with E-state index < -0.39 is 16.1 Å². The van der Waals surface area contributed by atoms with Gasteiger partial charge >= 0.3 is 5.97 Å². The van der Waals surface area contributed by atoms with Crippen molar-refractivity contribution in [3.05, 3.63) is 29.8 Å². The van der Waals surface area contributed by atoms with E-state index in [-0.39, 0.29) is 23.9 Å². The van der Waals surface area contributed by atoms with Crippen molar-refractivity contribution in [1.29, 1.82) is 0 Å². The molecular weight excluding hydrogens is 388 g/mol. The van der Waals surface area contributed by atoms with Gasteiger partial charge in [0.2, 0.25) is 10.0 Å². The van der Waals surface area contributed by atoms with Crippen LogP contribution in [0, 0.1) is 6.92 Å². The maximum atomic E-state index is 13.4. The summed E-state index contributed by atoms with van der Waals surface area (Å²) in [7, 11) is -3.73. The summed E-state index contributed by atoms with van der Waals surface area (Å²) in [6.45, 7) is 6.81. The number of nitrogens with two attached hydrogens (primary N) is 1. The van der Waals surface area contributed by atoms with E-state index in [1.165, 1.54) is 10.7 Å². The van der Waals surface area contributed by atoms with Crippen LogP contribution in [0.3, 0.4) is 0 Å². The van der Waals surface area contributed by atoms with Crippen molar-refractivity contribution < 1.29 is 17.9 Å². The number of nitrogens with zero attached hydrogens (tertiary/aromatic N) is 1. The Kier molecular flexibility index (Phi) is 12.1. The van der Waals surface area contributed by atoms with Crippen molar-refractivity contribution in [2.75, 3.05) is 19.7 Å². The molecule has 1 rings (SSSR count). The number of rotatable bonds is 15. The van der Waals surface area contributed by atoms with E-state index in [0.29, 0.717) is 25.9 Å². The van der Waals surface area contributed by atoms with Crippen molar-refractivity contribution in [2.45, 2.75) is 83.1 Å². The van der Waals surface area contributed by atoms with Gasteiger partial charge in [0, 0.05) is 12.6 Å². The van der Waals surface area contributed by atoms with Crippen LogP contribution in [0.15, 0.2) is 29.2 Å². The van der Waals surface area contributed by atoms with Gasteiger partial charge < -0.3 is 10.5 Å². The van der Waals surface area contributed by atoms with Crippen LogP contribution in [0.1, 0.15) is 70.8 Å². The highest BCUT2D eigenvalue weighted by atomic mass is 32.2. The van der Waals surface area contributed by atoms with E-state index in [9.17, 15) is 13.2 Å². The summed E-state index contributed by atoms with van der Waals surface area (Å²) in [6, 6.07) is 6.41. The molecule has 1 aromatic carbocycles. The lowest BCUT2D eigenvalue weighted by atomic mass is 10.0. The summed E-state index contributed by atoms with van der Waals surface area (Å²) in [5.74, 6) is -0.358. The monoisotopic (exact) mass is 426 g/mol. The number of carbonyl (C=O) groups is 1. The number of hydrogen-bond donors (Lipinski definition) is 1. The van der Waals surface area contributed by atoms with Gasteiger partial charge in [-0.05, 0) is 45.4 Å². The van der Waals surface area contributed by atoms with Crippen molar-refractivity contribution in [1.82, 2.24) is 4.31 Å². The highest BCUT2D eigenvalue weighted by Gasteiger charge is 2.32. The van der Waals surface area contributed by atoms with Gasteiger partial charge in [0.15, 0.2) is 0 Å². The SMILES string of the molecule is CCCCCCC[C@H](CC(=O)OCC)N(CCCN)S(=O)(=O)c1ccc(C)cc1. The van der Waals surface area contributed by atoms with Gasteiger partial charge in [-0.15, -0.1) is 0 Å². The number of esters is 1. The van der Waals surface area contributed by atoms with Crippen LogP contribution in [0.2, 0.25) is 0 Å². The first kappa shape index (κ1) is 25.6. The molecule has 7 heteroatoms. The Hall–Kier alpha value is -1.44. The summed E-state index contributed by atoms with van der Waals surface area (Å²) in [5, 5.41) is 0. The molecule has 0 heterocycles. The molecule has 0 radical (unpaired) electrons. The molecule has 6 nitrogen and oxygen atoms in total. The summed E-state index contributed by atoms with van der Waals surface area (Å²) >= 11 is 0. The van der Waals surface area contributed by atoms with Crippen LogP contribution in [0.5, 0.6) is 0 Å². The second-order valence-corrected chi connectivity index (χ2v) is 9.33. The fourth-order valence-electron chi connectivity index (χ4n) is 3.34. The molecule has 166 valence electrons. The van der Waals surface area contributed by atoms with E-state index in [1.807, 2.05) is 6.92 Å². The van der Waals surface area contributed by atoms with Crippen LogP contribution >= 0.6 is 0 Å². The van der Waals surface area contributed by atoms with Gasteiger partial charge in [0.25, 0.3) is 0 Å². The molecule has 1 aromatic rings. The summed E-state index contributed by atoms with van der Waals surface area (Å²) in [6.07, 6.45) is 6.60. The van der Waals surface area contributed by atoms with E-state index in [4.69, 9.17) is 10.5 Å². The second-order valence-electron chi connectivity index (χ2n) is 7.44. The Balaban J connectivity index is 3.10. The highest BCUT2D eigenvalue weighted by molar-refractivity contribution is 7.89. The van der Waals surface area contributed by atoms with E-state index in [0.717, 1.165) is 31.2 Å². The molecule has 0 spiro atoms. The highest BCUT2D eigenvalue weighted by Crippen LogP contribution is 2.24. The normalized spacial score (nSPS) is 12.9. The third kappa shape index (κ3) is 8.84. The number of sulfonamides is 1. The zero-order valence-electron chi connectivity index (χ0n) is 18.2. The predicted octanol–water partition coefficient (Wildman–Crippen LogP) is 4.02. The Morgan fingerprint density at radius 1 is 1.07 bits per heavy atom. The quantitative estimate of drug-likeness (QED) is 0.338. The molecule has 0 saturated carbocycles. The number of unbranched alkanes of at least 4 members (excludes halogenated alkanes) is 4. The molecule has 2 N–H and O–H groups in total. The average Bonchev–Trinajstić information content (AvgIpc) is 2.68. The topological polar surface area (TPSA) is 89.7 Å². The van der Waals surface area contributed by atoms with Crippen molar-refractivity contribution >= 4 is 16.0 Å². The lowest BCUT2D eigenvalue weighted by molar-refractivity contribution is -0.144. The molecule has 0 aliphatic heterocycles. The van der Waals surface area contributed by atoms with Gasteiger partial charge in [-0.25, -0.2) is 8.42 Å². The number of aryl methyl sites for hydroxylation is 1. The van der Waals surface area contributed by atoms with Crippen LogP contribution < -0.4 is 5.73 Å². The number of benzene rings is 1. The standard InChI is InChI=1S/C22H38N2O4S/c1-4-6-7-8-9-11-20(18-22(25)28-5-2)24(17-10-16-23)29(26,27)21-14-12-19(3)13-15-21/h12-15,20H,4-11,16-18,23H2,1-3H3/t20-/m1/s1. The largest absolute Gasteiger partial charge is 0.466 e. The second kappa shape index (κ2) is 13.7. The smallest absolute Gasteiger partial charge is 0.307 e. The summed E-state index contributed by atoms with van der Waals surface area (Å²) in [4.78, 5) is 12.5. The van der Waals surface area contributed by atoms with E-state index >= 15 is 0 Å². The lowest BCUT2D eigenvalue weighted by Crippen LogP contribution is -2.43. The Morgan fingerprint density at radius 3 is 2.31 bits per heavy atom. The van der Waals surface area contributed by atoms with Crippen LogP contribution in [0.25, 0.3) is 0 Å². The Morgan fingerprint density at radius 2 is 1.72 bits per heavy atom. The van der Waals surface area contributed by atoms with Gasteiger partial charge in [0.05, 0.1) is 17.9 Å². The maximum absolute atomic E-state index is 13.4. The fraction of sp³-hybridized carbons (Fsp3) is 0.682. The zero-order chi connectivity index (χ0) is 21.7. The Bertz CT molecular complexity index is 689. The van der Waals surface area contributed by atoms with Crippen LogP contribution in [-0.2, 0) is 19.6 Å². The zero-order valence-corrected chi connectivity index (χ0v) is 19.0. The third-order valence-corrected chi connectivity index (χ3v) is 6.93. The van der Waals surface area contributed by atoms with Gasteiger partial charge in [0.1, 0.15) is 0 Å². The summed E-state index contributed by atoms with van der Waals surface area (Å²) in [5.41, 5.74) is 6.67. The molecule has 0 unspecified atom stereocenters. The van der Waals surface area contributed by atoms with E-state index in [2.05, 4.69) is 6.92 Å².